The van der Waals surface area contributed by atoms with E-state index in [-0.39, 0.29) is 29.9 Å². The Morgan fingerprint density at radius 3 is 2.19 bits per heavy atom. The number of unbranched alkanes of at least 4 members (excludes halogenated alkanes) is 1. The van der Waals surface area contributed by atoms with E-state index in [1.54, 1.807) is 0 Å². The smallest absolute Gasteiger partial charge is 0.185 e. The van der Waals surface area contributed by atoms with Crippen molar-refractivity contribution in [2.45, 2.75) is 51.9 Å². The number of hydrogen-bond donors (Lipinski definition) is 2. The van der Waals surface area contributed by atoms with Gasteiger partial charge in [0.05, 0.1) is 0 Å². The van der Waals surface area contributed by atoms with Crippen LogP contribution in [-0.2, 0) is 0 Å². The van der Waals surface area contributed by atoms with Gasteiger partial charge < -0.3 is 11.5 Å². The van der Waals surface area contributed by atoms with E-state index in [4.69, 9.17) is 11.5 Å². The summed E-state index contributed by atoms with van der Waals surface area (Å²) in [5.74, 6) is 1.94. The molecule has 0 unspecified atom stereocenters. The first-order valence-electron chi connectivity index (χ1n) is 6.27. The van der Waals surface area contributed by atoms with Gasteiger partial charge in [0.2, 0.25) is 0 Å². The molecule has 1 aliphatic carbocycles. The normalized spacial score (nSPS) is 24.6. The molecule has 0 spiro atoms. The molecule has 1 fully saturated rings. The highest BCUT2D eigenvalue weighted by molar-refractivity contribution is 14.0. The monoisotopic (exact) mass is 339 g/mol. The van der Waals surface area contributed by atoms with E-state index >= 15 is 0 Å². The molecule has 0 amide bonds. The summed E-state index contributed by atoms with van der Waals surface area (Å²) in [5.41, 5.74) is 10.7. The van der Waals surface area contributed by atoms with E-state index in [0.717, 1.165) is 18.4 Å². The van der Waals surface area contributed by atoms with Crippen LogP contribution >= 0.6 is 24.0 Å². The molecule has 0 saturated heterocycles. The summed E-state index contributed by atoms with van der Waals surface area (Å²) in [6.45, 7) is 3.10. The highest BCUT2D eigenvalue weighted by atomic mass is 127. The molecule has 0 radical (unpaired) electrons. The zero-order valence-electron chi connectivity index (χ0n) is 10.3. The molecule has 0 aliphatic heterocycles. The molecule has 1 rings (SSSR count). The van der Waals surface area contributed by atoms with Gasteiger partial charge >= 0.3 is 0 Å². The third-order valence-electron chi connectivity index (χ3n) is 3.46. The zero-order valence-corrected chi connectivity index (χ0v) is 12.7. The number of aliphatic imine (C=N–C) groups is 1. The highest BCUT2D eigenvalue weighted by Crippen LogP contribution is 2.31. The Morgan fingerprint density at radius 2 is 1.69 bits per heavy atom. The van der Waals surface area contributed by atoms with Crippen LogP contribution in [0.2, 0.25) is 0 Å². The summed E-state index contributed by atoms with van der Waals surface area (Å²) in [4.78, 5) is 4.11. The summed E-state index contributed by atoms with van der Waals surface area (Å²) in [6, 6.07) is 0. The van der Waals surface area contributed by atoms with Gasteiger partial charge in [-0.05, 0) is 24.7 Å². The number of halogens is 1. The summed E-state index contributed by atoms with van der Waals surface area (Å²) >= 11 is 0. The molecule has 3 nitrogen and oxygen atoms in total. The minimum absolute atomic E-state index is 0. The minimum atomic E-state index is 0. The third-order valence-corrected chi connectivity index (χ3v) is 3.46. The molecule has 0 aromatic heterocycles. The van der Waals surface area contributed by atoms with Crippen LogP contribution in [0.3, 0.4) is 0 Å². The largest absolute Gasteiger partial charge is 0.370 e. The fourth-order valence-electron chi connectivity index (χ4n) is 2.43. The van der Waals surface area contributed by atoms with Crippen LogP contribution < -0.4 is 11.5 Å². The maximum Gasteiger partial charge on any atom is 0.185 e. The number of rotatable bonds is 5. The van der Waals surface area contributed by atoms with Crippen LogP contribution in [-0.4, -0.2) is 12.5 Å². The average Bonchev–Trinajstić information content (AvgIpc) is 2.25. The van der Waals surface area contributed by atoms with Gasteiger partial charge in [-0.3, -0.25) is 4.99 Å². The van der Waals surface area contributed by atoms with Crippen molar-refractivity contribution in [3.05, 3.63) is 0 Å². The molecule has 96 valence electrons. The Bertz CT molecular complexity index is 194. The van der Waals surface area contributed by atoms with Crippen LogP contribution in [0.25, 0.3) is 0 Å². The Hall–Kier alpha value is 0. The maximum atomic E-state index is 5.33. The van der Waals surface area contributed by atoms with Gasteiger partial charge in [0.25, 0.3) is 0 Å². The summed E-state index contributed by atoms with van der Waals surface area (Å²) in [5, 5.41) is 0. The van der Waals surface area contributed by atoms with Gasteiger partial charge in [-0.2, -0.15) is 0 Å². The molecule has 0 atom stereocenters. The average molecular weight is 339 g/mol. The second-order valence-corrected chi connectivity index (χ2v) is 4.79. The van der Waals surface area contributed by atoms with E-state index in [2.05, 4.69) is 11.9 Å². The Kier molecular flexibility index (Phi) is 9.07. The fraction of sp³-hybridized carbons (Fsp3) is 0.917. The minimum Gasteiger partial charge on any atom is -0.370 e. The molecule has 0 aromatic carbocycles. The van der Waals surface area contributed by atoms with Crippen molar-refractivity contribution in [3.8, 4) is 0 Å². The predicted molar refractivity (Wildman–Crippen MR) is 81.1 cm³/mol. The number of guanidine groups is 1. The maximum absolute atomic E-state index is 5.33. The first-order chi connectivity index (χ1) is 7.22. The summed E-state index contributed by atoms with van der Waals surface area (Å²) in [6.07, 6.45) is 9.52. The Balaban J connectivity index is 0.00000225. The third kappa shape index (κ3) is 6.55. The number of hydrogen-bond acceptors (Lipinski definition) is 1. The molecule has 1 saturated carbocycles. The molecule has 16 heavy (non-hydrogen) atoms. The molecule has 1 aliphatic rings. The van der Waals surface area contributed by atoms with Gasteiger partial charge in [0.1, 0.15) is 0 Å². The van der Waals surface area contributed by atoms with Gasteiger partial charge in [0, 0.05) is 6.54 Å². The zero-order chi connectivity index (χ0) is 11.1. The SMILES string of the molecule is CCCCC1CCC(CN=C(N)N)CC1.I. The van der Waals surface area contributed by atoms with E-state index < -0.39 is 0 Å². The molecule has 4 N–H and O–H groups in total. The van der Waals surface area contributed by atoms with Crippen molar-refractivity contribution >= 4 is 29.9 Å². The van der Waals surface area contributed by atoms with E-state index in [1.165, 1.54) is 44.9 Å². The van der Waals surface area contributed by atoms with Crippen molar-refractivity contribution in [2.75, 3.05) is 6.54 Å². The lowest BCUT2D eigenvalue weighted by Gasteiger charge is -2.27. The first kappa shape index (κ1) is 16.0. The van der Waals surface area contributed by atoms with Gasteiger partial charge in [-0.15, -0.1) is 24.0 Å². The van der Waals surface area contributed by atoms with Crippen molar-refractivity contribution < 1.29 is 0 Å². The Morgan fingerprint density at radius 1 is 1.12 bits per heavy atom. The van der Waals surface area contributed by atoms with Crippen molar-refractivity contribution in [3.63, 3.8) is 0 Å². The van der Waals surface area contributed by atoms with E-state index in [1.807, 2.05) is 0 Å². The lowest BCUT2D eigenvalue weighted by molar-refractivity contribution is 0.264. The lowest BCUT2D eigenvalue weighted by atomic mass is 9.80. The molecule has 0 bridgehead atoms. The predicted octanol–water partition coefficient (Wildman–Crippen LogP) is 2.87. The van der Waals surface area contributed by atoms with Crippen molar-refractivity contribution in [2.24, 2.45) is 28.3 Å². The number of nitrogens with zero attached hydrogens (tertiary/aromatic N) is 1. The summed E-state index contributed by atoms with van der Waals surface area (Å²) < 4.78 is 0. The standard InChI is InChI=1S/C12H25N3.HI/c1-2-3-4-10-5-7-11(8-6-10)9-15-12(13)14;/h10-11H,2-9H2,1H3,(H4,13,14,15);1H. The van der Waals surface area contributed by atoms with Crippen LogP contribution in [0.5, 0.6) is 0 Å². The molecule has 0 heterocycles. The summed E-state index contributed by atoms with van der Waals surface area (Å²) in [7, 11) is 0. The van der Waals surface area contributed by atoms with Crippen molar-refractivity contribution in [1.29, 1.82) is 0 Å². The second kappa shape index (κ2) is 9.07. The molecule has 4 heteroatoms. The van der Waals surface area contributed by atoms with Crippen LogP contribution in [0.4, 0.5) is 0 Å². The second-order valence-electron chi connectivity index (χ2n) is 4.79. The lowest BCUT2D eigenvalue weighted by Crippen LogP contribution is -2.25. The first-order valence-corrected chi connectivity index (χ1v) is 6.27. The molecular formula is C12H26IN3. The Labute approximate surface area is 116 Å². The van der Waals surface area contributed by atoms with Crippen molar-refractivity contribution in [1.82, 2.24) is 0 Å². The van der Waals surface area contributed by atoms with E-state index in [9.17, 15) is 0 Å². The highest BCUT2D eigenvalue weighted by Gasteiger charge is 2.20. The fourth-order valence-corrected chi connectivity index (χ4v) is 2.43. The molecular weight excluding hydrogens is 313 g/mol. The van der Waals surface area contributed by atoms with Gasteiger partial charge in [0.15, 0.2) is 5.96 Å². The van der Waals surface area contributed by atoms with Gasteiger partial charge in [-0.25, -0.2) is 0 Å². The van der Waals surface area contributed by atoms with Crippen LogP contribution in [0.15, 0.2) is 4.99 Å². The quantitative estimate of drug-likeness (QED) is 0.460. The van der Waals surface area contributed by atoms with E-state index in [0.29, 0.717) is 0 Å². The molecule has 0 aromatic rings. The topological polar surface area (TPSA) is 64.4 Å². The van der Waals surface area contributed by atoms with Gasteiger partial charge in [-0.1, -0.05) is 39.0 Å². The number of nitrogens with two attached hydrogens (primary N) is 2. The van der Waals surface area contributed by atoms with Crippen LogP contribution in [0, 0.1) is 11.8 Å². The van der Waals surface area contributed by atoms with Crippen LogP contribution in [0.1, 0.15) is 51.9 Å².